The predicted molar refractivity (Wildman–Crippen MR) is 69.7 cm³/mol. The maximum atomic E-state index is 6.20. The molecule has 2 N–H and O–H groups in total. The second-order valence-electron chi connectivity index (χ2n) is 4.84. The second-order valence-corrected chi connectivity index (χ2v) is 5.24. The van der Waals surface area contributed by atoms with Crippen LogP contribution < -0.4 is 5.73 Å². The minimum absolute atomic E-state index is 0.699. The Morgan fingerprint density at radius 2 is 1.81 bits per heavy atom. The van der Waals surface area contributed by atoms with Crippen LogP contribution in [0.25, 0.3) is 0 Å². The van der Waals surface area contributed by atoms with Crippen molar-refractivity contribution in [3.8, 4) is 0 Å². The van der Waals surface area contributed by atoms with Crippen LogP contribution in [0.15, 0.2) is 24.3 Å². The van der Waals surface area contributed by atoms with Crippen LogP contribution in [0.2, 0.25) is 5.02 Å². The van der Waals surface area contributed by atoms with E-state index in [0.29, 0.717) is 5.92 Å². The van der Waals surface area contributed by atoms with E-state index in [9.17, 15) is 0 Å². The molecule has 88 valence electrons. The molecule has 1 aromatic carbocycles. The van der Waals surface area contributed by atoms with Gasteiger partial charge in [-0.3, -0.25) is 0 Å². The van der Waals surface area contributed by atoms with Crippen molar-refractivity contribution in [3.05, 3.63) is 34.9 Å². The predicted octanol–water partition coefficient (Wildman–Crippen LogP) is 3.65. The molecule has 0 amide bonds. The van der Waals surface area contributed by atoms with Crippen LogP contribution in [0.5, 0.6) is 0 Å². The molecule has 2 atom stereocenters. The Kier molecular flexibility index (Phi) is 4.25. The molecule has 1 aliphatic carbocycles. The zero-order valence-electron chi connectivity index (χ0n) is 9.66. The lowest BCUT2D eigenvalue weighted by atomic mass is 9.76. The number of nitrogens with two attached hydrogens (primary N) is 1. The molecule has 1 aromatic rings. The van der Waals surface area contributed by atoms with E-state index in [4.69, 9.17) is 17.3 Å². The number of hydrogen-bond acceptors (Lipinski definition) is 1. The SMILES string of the molecule is NCC1CCCCC1Cc1ccccc1Cl. The van der Waals surface area contributed by atoms with Crippen molar-refractivity contribution < 1.29 is 0 Å². The van der Waals surface area contributed by atoms with Gasteiger partial charge < -0.3 is 5.73 Å². The molecule has 1 saturated carbocycles. The lowest BCUT2D eigenvalue weighted by Crippen LogP contribution is -2.28. The van der Waals surface area contributed by atoms with Gasteiger partial charge in [0.1, 0.15) is 0 Å². The molecule has 0 bridgehead atoms. The first-order chi connectivity index (χ1) is 7.81. The summed E-state index contributed by atoms with van der Waals surface area (Å²) in [6, 6.07) is 8.19. The smallest absolute Gasteiger partial charge is 0.0438 e. The maximum absolute atomic E-state index is 6.20. The molecule has 2 heteroatoms. The topological polar surface area (TPSA) is 26.0 Å². The van der Waals surface area contributed by atoms with Crippen LogP contribution in [0, 0.1) is 11.8 Å². The molecule has 0 saturated heterocycles. The summed E-state index contributed by atoms with van der Waals surface area (Å²) in [5.41, 5.74) is 7.14. The largest absolute Gasteiger partial charge is 0.330 e. The molecule has 2 unspecified atom stereocenters. The minimum Gasteiger partial charge on any atom is -0.330 e. The van der Waals surface area contributed by atoms with Crippen molar-refractivity contribution in [2.45, 2.75) is 32.1 Å². The Labute approximate surface area is 103 Å². The van der Waals surface area contributed by atoms with E-state index in [0.717, 1.165) is 23.9 Å². The highest BCUT2D eigenvalue weighted by Gasteiger charge is 2.24. The average Bonchev–Trinajstić information content (AvgIpc) is 2.33. The van der Waals surface area contributed by atoms with E-state index in [-0.39, 0.29) is 0 Å². The van der Waals surface area contributed by atoms with E-state index >= 15 is 0 Å². The van der Waals surface area contributed by atoms with Gasteiger partial charge in [0.15, 0.2) is 0 Å². The van der Waals surface area contributed by atoms with Gasteiger partial charge in [0.2, 0.25) is 0 Å². The van der Waals surface area contributed by atoms with E-state index < -0.39 is 0 Å². The Balaban J connectivity index is 2.05. The van der Waals surface area contributed by atoms with Gasteiger partial charge in [0.05, 0.1) is 0 Å². The fourth-order valence-corrected chi connectivity index (χ4v) is 3.02. The van der Waals surface area contributed by atoms with Crippen LogP contribution in [0.4, 0.5) is 0 Å². The molecule has 1 nitrogen and oxygen atoms in total. The number of benzene rings is 1. The van der Waals surface area contributed by atoms with E-state index in [1.165, 1.54) is 31.2 Å². The Morgan fingerprint density at radius 3 is 2.50 bits per heavy atom. The van der Waals surface area contributed by atoms with E-state index in [2.05, 4.69) is 12.1 Å². The van der Waals surface area contributed by atoms with Gasteiger partial charge in [0, 0.05) is 5.02 Å². The summed E-state index contributed by atoms with van der Waals surface area (Å²) in [5.74, 6) is 1.43. The molecule has 0 aromatic heterocycles. The summed E-state index contributed by atoms with van der Waals surface area (Å²) in [7, 11) is 0. The van der Waals surface area contributed by atoms with Gasteiger partial charge in [-0.05, 0) is 49.3 Å². The maximum Gasteiger partial charge on any atom is 0.0438 e. The molecule has 2 rings (SSSR count). The molecule has 1 aliphatic rings. The van der Waals surface area contributed by atoms with Gasteiger partial charge in [-0.2, -0.15) is 0 Å². The highest BCUT2D eigenvalue weighted by Crippen LogP contribution is 2.33. The Hall–Kier alpha value is -0.530. The first-order valence-corrected chi connectivity index (χ1v) is 6.62. The van der Waals surface area contributed by atoms with E-state index in [1.54, 1.807) is 0 Å². The van der Waals surface area contributed by atoms with Crippen molar-refractivity contribution in [2.75, 3.05) is 6.54 Å². The summed E-state index contributed by atoms with van der Waals surface area (Å²) >= 11 is 6.20. The fraction of sp³-hybridized carbons (Fsp3) is 0.571. The van der Waals surface area contributed by atoms with E-state index in [1.807, 2.05) is 12.1 Å². The van der Waals surface area contributed by atoms with Crippen LogP contribution in [-0.2, 0) is 6.42 Å². The number of rotatable bonds is 3. The number of halogens is 1. The first kappa shape index (κ1) is 11.9. The van der Waals surface area contributed by atoms with Gasteiger partial charge in [-0.1, -0.05) is 42.6 Å². The molecule has 16 heavy (non-hydrogen) atoms. The lowest BCUT2D eigenvalue weighted by molar-refractivity contribution is 0.242. The van der Waals surface area contributed by atoms with Gasteiger partial charge in [0.25, 0.3) is 0 Å². The molecular formula is C14H20ClN. The summed E-state index contributed by atoms with van der Waals surface area (Å²) < 4.78 is 0. The lowest BCUT2D eigenvalue weighted by Gasteiger charge is -2.30. The summed E-state index contributed by atoms with van der Waals surface area (Å²) in [4.78, 5) is 0. The van der Waals surface area contributed by atoms with Crippen molar-refractivity contribution in [1.82, 2.24) is 0 Å². The third-order valence-electron chi connectivity index (χ3n) is 3.81. The average molecular weight is 238 g/mol. The Morgan fingerprint density at radius 1 is 1.12 bits per heavy atom. The van der Waals surface area contributed by atoms with Crippen molar-refractivity contribution in [3.63, 3.8) is 0 Å². The van der Waals surface area contributed by atoms with Crippen LogP contribution >= 0.6 is 11.6 Å². The summed E-state index contributed by atoms with van der Waals surface area (Å²) in [6.45, 7) is 0.828. The zero-order chi connectivity index (χ0) is 11.4. The third-order valence-corrected chi connectivity index (χ3v) is 4.18. The highest BCUT2D eigenvalue weighted by molar-refractivity contribution is 6.31. The van der Waals surface area contributed by atoms with Crippen molar-refractivity contribution in [2.24, 2.45) is 17.6 Å². The van der Waals surface area contributed by atoms with Gasteiger partial charge in [-0.25, -0.2) is 0 Å². The summed E-state index contributed by atoms with van der Waals surface area (Å²) in [6.07, 6.45) is 6.41. The van der Waals surface area contributed by atoms with Crippen molar-refractivity contribution >= 4 is 11.6 Å². The van der Waals surface area contributed by atoms with Crippen molar-refractivity contribution in [1.29, 1.82) is 0 Å². The molecule has 0 spiro atoms. The summed E-state index contributed by atoms with van der Waals surface area (Å²) in [5, 5.41) is 0.906. The molecule has 0 radical (unpaired) electrons. The van der Waals surface area contributed by atoms with Crippen LogP contribution in [-0.4, -0.2) is 6.54 Å². The monoisotopic (exact) mass is 237 g/mol. The standard InChI is InChI=1S/C14H20ClN/c15-14-8-4-3-6-12(14)9-11-5-1-2-7-13(11)10-16/h3-4,6,8,11,13H,1-2,5,7,9-10,16H2. The normalized spacial score (nSPS) is 25.6. The molecule has 0 aliphatic heterocycles. The third kappa shape index (κ3) is 2.78. The minimum atomic E-state index is 0.699. The second kappa shape index (κ2) is 5.70. The quantitative estimate of drug-likeness (QED) is 0.854. The fourth-order valence-electron chi connectivity index (χ4n) is 2.81. The molecule has 0 heterocycles. The van der Waals surface area contributed by atoms with Gasteiger partial charge in [-0.15, -0.1) is 0 Å². The van der Waals surface area contributed by atoms with Crippen LogP contribution in [0.3, 0.4) is 0 Å². The number of hydrogen-bond donors (Lipinski definition) is 1. The first-order valence-electron chi connectivity index (χ1n) is 6.24. The van der Waals surface area contributed by atoms with Crippen LogP contribution in [0.1, 0.15) is 31.2 Å². The molecule has 1 fully saturated rings. The molecular weight excluding hydrogens is 218 g/mol. The highest BCUT2D eigenvalue weighted by atomic mass is 35.5. The zero-order valence-corrected chi connectivity index (χ0v) is 10.4. The Bertz CT molecular complexity index is 337. The van der Waals surface area contributed by atoms with Gasteiger partial charge >= 0.3 is 0 Å².